The van der Waals surface area contributed by atoms with Crippen LogP contribution in [0.15, 0.2) is 47.3 Å². The molecule has 0 fully saturated rings. The summed E-state index contributed by atoms with van der Waals surface area (Å²) in [6.07, 6.45) is 0. The number of halogens is 1. The van der Waals surface area contributed by atoms with Crippen molar-refractivity contribution >= 4 is 27.6 Å². The van der Waals surface area contributed by atoms with Gasteiger partial charge in [-0.3, -0.25) is 9.59 Å². The standard InChI is InChI=1S/C23H22FN3O3/c1-13(2)11-27-23(30)17-7-5-4-6-16(17)22(25-27)21-14(3)26(12-20(28)29)19-9-8-15(24)10-18(19)21/h4-10,13H,11-12H2,1-3H3,(H,28,29). The molecular formula is C23H22FN3O3. The molecule has 2 aromatic heterocycles. The molecule has 0 aliphatic carbocycles. The first-order valence-corrected chi connectivity index (χ1v) is 9.78. The minimum atomic E-state index is -0.992. The number of rotatable bonds is 5. The third-order valence-electron chi connectivity index (χ3n) is 5.22. The predicted octanol–water partition coefficient (Wildman–Crippen LogP) is 4.21. The molecule has 6 nitrogen and oxygen atoms in total. The average molecular weight is 407 g/mol. The van der Waals surface area contributed by atoms with E-state index in [1.54, 1.807) is 29.7 Å². The Balaban J connectivity index is 2.14. The van der Waals surface area contributed by atoms with Gasteiger partial charge in [-0.15, -0.1) is 0 Å². The molecule has 154 valence electrons. The van der Waals surface area contributed by atoms with E-state index < -0.39 is 11.8 Å². The number of carbonyl (C=O) groups is 1. The maximum absolute atomic E-state index is 14.2. The first-order chi connectivity index (χ1) is 14.3. The van der Waals surface area contributed by atoms with Crippen LogP contribution in [0.25, 0.3) is 32.9 Å². The highest BCUT2D eigenvalue weighted by Crippen LogP contribution is 2.36. The summed E-state index contributed by atoms with van der Waals surface area (Å²) in [7, 11) is 0. The predicted molar refractivity (Wildman–Crippen MR) is 114 cm³/mol. The van der Waals surface area contributed by atoms with Crippen molar-refractivity contribution in [2.24, 2.45) is 5.92 Å². The maximum atomic E-state index is 14.2. The van der Waals surface area contributed by atoms with Crippen LogP contribution in [0.5, 0.6) is 0 Å². The third kappa shape index (κ3) is 3.26. The summed E-state index contributed by atoms with van der Waals surface area (Å²) in [6, 6.07) is 11.5. The van der Waals surface area contributed by atoms with Gasteiger partial charge in [0.1, 0.15) is 18.1 Å². The Morgan fingerprint density at radius 2 is 1.83 bits per heavy atom. The number of fused-ring (bicyclic) bond motifs is 2. The molecule has 0 saturated carbocycles. The summed E-state index contributed by atoms with van der Waals surface area (Å²) in [4.78, 5) is 24.4. The summed E-state index contributed by atoms with van der Waals surface area (Å²) in [6.45, 7) is 5.99. The van der Waals surface area contributed by atoms with Crippen molar-refractivity contribution in [3.8, 4) is 11.3 Å². The molecule has 7 heteroatoms. The lowest BCUT2D eigenvalue weighted by Gasteiger charge is -2.13. The Labute approximate surface area is 172 Å². The van der Waals surface area contributed by atoms with Crippen molar-refractivity contribution < 1.29 is 14.3 Å². The smallest absolute Gasteiger partial charge is 0.323 e. The zero-order valence-corrected chi connectivity index (χ0v) is 17.0. The van der Waals surface area contributed by atoms with Crippen LogP contribution in [0.1, 0.15) is 19.5 Å². The van der Waals surface area contributed by atoms with Crippen LogP contribution >= 0.6 is 0 Å². The second-order valence-electron chi connectivity index (χ2n) is 7.88. The Morgan fingerprint density at radius 3 is 2.50 bits per heavy atom. The molecule has 2 aromatic carbocycles. The zero-order valence-electron chi connectivity index (χ0n) is 17.0. The van der Waals surface area contributed by atoms with E-state index in [0.29, 0.717) is 45.2 Å². The monoisotopic (exact) mass is 407 g/mol. The Morgan fingerprint density at radius 1 is 1.13 bits per heavy atom. The van der Waals surface area contributed by atoms with E-state index in [2.05, 4.69) is 5.10 Å². The SMILES string of the molecule is Cc1c(-c2nn(CC(C)C)c(=O)c3ccccc23)c2cc(F)ccc2n1CC(=O)O. The van der Waals surface area contributed by atoms with Crippen LogP contribution in [0.3, 0.4) is 0 Å². The molecule has 1 N–H and O–H groups in total. The lowest BCUT2D eigenvalue weighted by Crippen LogP contribution is -2.26. The minimum absolute atomic E-state index is 0.179. The average Bonchev–Trinajstić information content (AvgIpc) is 2.94. The molecule has 30 heavy (non-hydrogen) atoms. The fourth-order valence-corrected chi connectivity index (χ4v) is 3.98. The van der Waals surface area contributed by atoms with Gasteiger partial charge in [-0.1, -0.05) is 32.0 Å². The van der Waals surface area contributed by atoms with E-state index in [0.717, 1.165) is 0 Å². The number of hydrogen-bond acceptors (Lipinski definition) is 3. The highest BCUT2D eigenvalue weighted by atomic mass is 19.1. The molecule has 4 rings (SSSR count). The van der Waals surface area contributed by atoms with Crippen molar-refractivity contribution in [1.29, 1.82) is 0 Å². The summed E-state index contributed by atoms with van der Waals surface area (Å²) >= 11 is 0. The molecule has 0 atom stereocenters. The number of carboxylic acid groups (broad SMARTS) is 1. The molecule has 0 radical (unpaired) electrons. The molecule has 0 bridgehead atoms. The van der Waals surface area contributed by atoms with Crippen LogP contribution in [0.4, 0.5) is 4.39 Å². The Kier molecular flexibility index (Phi) is 4.89. The fraction of sp³-hybridized carbons (Fsp3) is 0.261. The van der Waals surface area contributed by atoms with Crippen molar-refractivity contribution in [2.75, 3.05) is 0 Å². The largest absolute Gasteiger partial charge is 0.480 e. The molecule has 0 saturated heterocycles. The minimum Gasteiger partial charge on any atom is -0.480 e. The van der Waals surface area contributed by atoms with E-state index in [-0.39, 0.29) is 18.0 Å². The fourth-order valence-electron chi connectivity index (χ4n) is 3.98. The van der Waals surface area contributed by atoms with Gasteiger partial charge in [0, 0.05) is 34.1 Å². The molecule has 0 aliphatic heterocycles. The molecule has 0 spiro atoms. The second kappa shape index (κ2) is 7.40. The number of aliphatic carboxylic acids is 1. The van der Waals surface area contributed by atoms with Gasteiger partial charge in [0.05, 0.1) is 5.39 Å². The van der Waals surface area contributed by atoms with Crippen molar-refractivity contribution in [3.63, 3.8) is 0 Å². The summed E-state index contributed by atoms with van der Waals surface area (Å²) in [5.74, 6) is -1.21. The van der Waals surface area contributed by atoms with Gasteiger partial charge in [-0.05, 0) is 37.1 Å². The highest BCUT2D eigenvalue weighted by molar-refractivity contribution is 6.05. The third-order valence-corrected chi connectivity index (χ3v) is 5.22. The zero-order chi connectivity index (χ0) is 21.6. The molecule has 2 heterocycles. The van der Waals surface area contributed by atoms with Gasteiger partial charge in [0.25, 0.3) is 5.56 Å². The van der Waals surface area contributed by atoms with E-state index in [1.165, 1.54) is 16.8 Å². The van der Waals surface area contributed by atoms with E-state index in [4.69, 9.17) is 0 Å². The number of carboxylic acids is 1. The van der Waals surface area contributed by atoms with E-state index in [9.17, 15) is 19.1 Å². The van der Waals surface area contributed by atoms with Gasteiger partial charge in [0.15, 0.2) is 0 Å². The van der Waals surface area contributed by atoms with Gasteiger partial charge >= 0.3 is 5.97 Å². The summed E-state index contributed by atoms with van der Waals surface area (Å²) in [5, 5.41) is 15.8. The summed E-state index contributed by atoms with van der Waals surface area (Å²) in [5.41, 5.74) is 2.27. The van der Waals surface area contributed by atoms with Crippen molar-refractivity contribution in [3.05, 3.63) is 64.3 Å². The Bertz CT molecular complexity index is 1350. The maximum Gasteiger partial charge on any atom is 0.323 e. The quantitative estimate of drug-likeness (QED) is 0.538. The van der Waals surface area contributed by atoms with Crippen LogP contribution < -0.4 is 5.56 Å². The van der Waals surface area contributed by atoms with E-state index in [1.807, 2.05) is 26.0 Å². The van der Waals surface area contributed by atoms with E-state index >= 15 is 0 Å². The first kappa shape index (κ1) is 19.8. The van der Waals surface area contributed by atoms with Crippen LogP contribution in [-0.4, -0.2) is 25.4 Å². The number of nitrogens with zero attached hydrogens (tertiary/aromatic N) is 3. The molecular weight excluding hydrogens is 385 g/mol. The summed E-state index contributed by atoms with van der Waals surface area (Å²) < 4.78 is 17.2. The van der Waals surface area contributed by atoms with Gasteiger partial charge < -0.3 is 9.67 Å². The van der Waals surface area contributed by atoms with Crippen LogP contribution in [-0.2, 0) is 17.9 Å². The molecule has 0 amide bonds. The first-order valence-electron chi connectivity index (χ1n) is 9.78. The highest BCUT2D eigenvalue weighted by Gasteiger charge is 2.22. The van der Waals surface area contributed by atoms with Gasteiger partial charge in [-0.2, -0.15) is 5.10 Å². The number of hydrogen-bond donors (Lipinski definition) is 1. The van der Waals surface area contributed by atoms with Crippen molar-refractivity contribution in [1.82, 2.24) is 14.3 Å². The van der Waals surface area contributed by atoms with Gasteiger partial charge in [-0.25, -0.2) is 9.07 Å². The lowest BCUT2D eigenvalue weighted by atomic mass is 10.0. The number of aromatic nitrogens is 3. The van der Waals surface area contributed by atoms with Crippen LogP contribution in [0, 0.1) is 18.7 Å². The lowest BCUT2D eigenvalue weighted by molar-refractivity contribution is -0.137. The topological polar surface area (TPSA) is 77.1 Å². The van der Waals surface area contributed by atoms with Gasteiger partial charge in [0.2, 0.25) is 0 Å². The van der Waals surface area contributed by atoms with Crippen LogP contribution in [0.2, 0.25) is 0 Å². The Hall–Kier alpha value is -3.48. The molecule has 0 unspecified atom stereocenters. The molecule has 0 aliphatic rings. The van der Waals surface area contributed by atoms with Crippen molar-refractivity contribution in [2.45, 2.75) is 33.9 Å². The molecule has 4 aromatic rings. The second-order valence-corrected chi connectivity index (χ2v) is 7.88. The normalized spacial score (nSPS) is 11.6. The number of benzene rings is 2.